The van der Waals surface area contributed by atoms with Gasteiger partial charge in [0.15, 0.2) is 0 Å². The lowest BCUT2D eigenvalue weighted by Crippen LogP contribution is -2.18. The molecule has 1 amide bonds. The highest BCUT2D eigenvalue weighted by molar-refractivity contribution is 5.83. The van der Waals surface area contributed by atoms with Crippen LogP contribution in [0.4, 0.5) is 5.69 Å². The first kappa shape index (κ1) is 15.4. The molecule has 0 saturated heterocycles. The van der Waals surface area contributed by atoms with E-state index in [0.29, 0.717) is 6.42 Å². The lowest BCUT2D eigenvalue weighted by molar-refractivity contribution is -0.129. The summed E-state index contributed by atoms with van der Waals surface area (Å²) in [5.41, 5.74) is 4.04. The van der Waals surface area contributed by atoms with Gasteiger partial charge >= 0.3 is 0 Å². The Morgan fingerprint density at radius 3 is 2.86 bits per heavy atom. The van der Waals surface area contributed by atoms with E-state index < -0.39 is 0 Å². The Bertz CT molecular complexity index is 580. The number of hydroxylamine groups is 1. The van der Waals surface area contributed by atoms with Crippen LogP contribution in [-0.2, 0) is 4.79 Å². The van der Waals surface area contributed by atoms with Crippen LogP contribution in [0.2, 0.25) is 0 Å². The van der Waals surface area contributed by atoms with E-state index in [0.717, 1.165) is 37.7 Å². The minimum absolute atomic E-state index is 0.299. The number of carbonyl (C=O) groups is 1. The molecule has 0 spiro atoms. The van der Waals surface area contributed by atoms with Gasteiger partial charge in [-0.25, -0.2) is 5.48 Å². The molecule has 0 unspecified atom stereocenters. The zero-order chi connectivity index (χ0) is 15.1. The molecule has 0 atom stereocenters. The van der Waals surface area contributed by atoms with Crippen molar-refractivity contribution < 1.29 is 10.0 Å². The standard InChI is InChI=1S/C16H23N3O2/c1-19(11-5-3-2-4-6-16(20)18-21)14-7-8-15-13(12-14)9-10-17-15/h7-10,12,17,21H,2-6,11H2,1H3,(H,18,20). The van der Waals surface area contributed by atoms with Crippen molar-refractivity contribution in [2.75, 3.05) is 18.5 Å². The van der Waals surface area contributed by atoms with Crippen molar-refractivity contribution in [3.63, 3.8) is 0 Å². The van der Waals surface area contributed by atoms with E-state index >= 15 is 0 Å². The Kier molecular flexibility index (Phi) is 5.63. The van der Waals surface area contributed by atoms with Crippen molar-refractivity contribution >= 4 is 22.5 Å². The van der Waals surface area contributed by atoms with Gasteiger partial charge in [0.05, 0.1) is 0 Å². The van der Waals surface area contributed by atoms with Gasteiger partial charge in [0.25, 0.3) is 0 Å². The number of benzene rings is 1. The van der Waals surface area contributed by atoms with E-state index in [-0.39, 0.29) is 5.91 Å². The molecule has 21 heavy (non-hydrogen) atoms. The topological polar surface area (TPSA) is 68.4 Å². The zero-order valence-corrected chi connectivity index (χ0v) is 12.4. The summed E-state index contributed by atoms with van der Waals surface area (Å²) in [6.07, 6.45) is 6.38. The molecule has 0 bridgehead atoms. The van der Waals surface area contributed by atoms with Crippen LogP contribution in [0.1, 0.15) is 32.1 Å². The van der Waals surface area contributed by atoms with Crippen molar-refractivity contribution in [2.45, 2.75) is 32.1 Å². The van der Waals surface area contributed by atoms with Crippen LogP contribution >= 0.6 is 0 Å². The average Bonchev–Trinajstić information content (AvgIpc) is 2.97. The summed E-state index contributed by atoms with van der Waals surface area (Å²) in [6.45, 7) is 1.00. The van der Waals surface area contributed by atoms with E-state index in [2.05, 4.69) is 41.2 Å². The van der Waals surface area contributed by atoms with E-state index in [9.17, 15) is 4.79 Å². The number of nitrogens with zero attached hydrogens (tertiary/aromatic N) is 1. The summed E-state index contributed by atoms with van der Waals surface area (Å²) in [4.78, 5) is 16.3. The van der Waals surface area contributed by atoms with Crippen LogP contribution in [0, 0.1) is 0 Å². The highest BCUT2D eigenvalue weighted by Crippen LogP contribution is 2.20. The first-order valence-corrected chi connectivity index (χ1v) is 7.42. The molecular weight excluding hydrogens is 266 g/mol. The van der Waals surface area contributed by atoms with Crippen molar-refractivity contribution in [1.82, 2.24) is 10.5 Å². The quantitative estimate of drug-likeness (QED) is 0.397. The second-order valence-electron chi connectivity index (χ2n) is 5.37. The Labute approximate surface area is 124 Å². The van der Waals surface area contributed by atoms with Crippen LogP contribution in [0.3, 0.4) is 0 Å². The van der Waals surface area contributed by atoms with E-state index in [1.165, 1.54) is 11.1 Å². The van der Waals surface area contributed by atoms with Gasteiger partial charge in [-0.3, -0.25) is 10.0 Å². The van der Waals surface area contributed by atoms with Gasteiger partial charge in [-0.1, -0.05) is 12.8 Å². The second-order valence-corrected chi connectivity index (χ2v) is 5.37. The van der Waals surface area contributed by atoms with Crippen LogP contribution in [0.15, 0.2) is 30.5 Å². The largest absolute Gasteiger partial charge is 0.375 e. The molecule has 0 aliphatic heterocycles. The highest BCUT2D eigenvalue weighted by Gasteiger charge is 2.03. The van der Waals surface area contributed by atoms with Gasteiger partial charge in [-0.15, -0.1) is 0 Å². The van der Waals surface area contributed by atoms with Crippen molar-refractivity contribution in [3.8, 4) is 0 Å². The fraction of sp³-hybridized carbons (Fsp3) is 0.438. The first-order valence-electron chi connectivity index (χ1n) is 7.42. The summed E-state index contributed by atoms with van der Waals surface area (Å²) >= 11 is 0. The normalized spacial score (nSPS) is 10.8. The maximum Gasteiger partial charge on any atom is 0.243 e. The lowest BCUT2D eigenvalue weighted by Gasteiger charge is -2.19. The molecular formula is C16H23N3O2. The molecule has 0 aliphatic carbocycles. The number of nitrogens with one attached hydrogen (secondary N) is 2. The number of anilines is 1. The number of aromatic nitrogens is 1. The monoisotopic (exact) mass is 289 g/mol. The number of unbranched alkanes of at least 4 members (excludes halogenated alkanes) is 3. The molecule has 0 fully saturated rings. The van der Waals surface area contributed by atoms with Gasteiger partial charge in [-0.2, -0.15) is 0 Å². The van der Waals surface area contributed by atoms with Crippen LogP contribution in [-0.4, -0.2) is 29.7 Å². The molecule has 2 aromatic rings. The zero-order valence-electron chi connectivity index (χ0n) is 12.4. The minimum atomic E-state index is -0.299. The van der Waals surface area contributed by atoms with Crippen LogP contribution in [0.25, 0.3) is 10.9 Å². The van der Waals surface area contributed by atoms with Crippen LogP contribution < -0.4 is 10.4 Å². The summed E-state index contributed by atoms with van der Waals surface area (Å²) in [5.74, 6) is -0.299. The molecule has 5 nitrogen and oxygen atoms in total. The maximum atomic E-state index is 10.9. The number of hydrogen-bond donors (Lipinski definition) is 3. The van der Waals surface area contributed by atoms with Gasteiger partial charge < -0.3 is 9.88 Å². The third-order valence-corrected chi connectivity index (χ3v) is 3.75. The van der Waals surface area contributed by atoms with Gasteiger partial charge in [0, 0.05) is 42.8 Å². The third kappa shape index (κ3) is 4.49. The maximum absolute atomic E-state index is 10.9. The summed E-state index contributed by atoms with van der Waals surface area (Å²) in [6, 6.07) is 8.51. The molecule has 114 valence electrons. The van der Waals surface area contributed by atoms with E-state index in [1.54, 1.807) is 5.48 Å². The lowest BCUT2D eigenvalue weighted by atomic mass is 10.1. The second kappa shape index (κ2) is 7.69. The molecule has 1 aromatic heterocycles. The van der Waals surface area contributed by atoms with Crippen LogP contribution in [0.5, 0.6) is 0 Å². The molecule has 1 heterocycles. The van der Waals surface area contributed by atoms with E-state index in [1.807, 2.05) is 6.20 Å². The highest BCUT2D eigenvalue weighted by atomic mass is 16.5. The third-order valence-electron chi connectivity index (χ3n) is 3.75. The Balaban J connectivity index is 1.69. The van der Waals surface area contributed by atoms with E-state index in [4.69, 9.17) is 5.21 Å². The number of amides is 1. The number of rotatable bonds is 8. The molecule has 0 aliphatic rings. The predicted octanol–water partition coefficient (Wildman–Crippen LogP) is 3.06. The SMILES string of the molecule is CN(CCCCCCC(=O)NO)c1ccc2[nH]ccc2c1. The molecule has 3 N–H and O–H groups in total. The predicted molar refractivity (Wildman–Crippen MR) is 84.6 cm³/mol. The molecule has 0 radical (unpaired) electrons. The van der Waals surface area contributed by atoms with Crippen molar-refractivity contribution in [3.05, 3.63) is 30.5 Å². The number of carbonyl (C=O) groups excluding carboxylic acids is 1. The molecule has 0 saturated carbocycles. The summed E-state index contributed by atoms with van der Waals surface area (Å²) in [5, 5.41) is 9.62. The first-order chi connectivity index (χ1) is 10.2. The molecule has 1 aromatic carbocycles. The smallest absolute Gasteiger partial charge is 0.243 e. The summed E-state index contributed by atoms with van der Waals surface area (Å²) in [7, 11) is 2.10. The Morgan fingerprint density at radius 1 is 1.24 bits per heavy atom. The number of fused-ring (bicyclic) bond motifs is 1. The van der Waals surface area contributed by atoms with Gasteiger partial charge in [-0.05, 0) is 37.1 Å². The van der Waals surface area contributed by atoms with Gasteiger partial charge in [0.1, 0.15) is 0 Å². The average molecular weight is 289 g/mol. The van der Waals surface area contributed by atoms with Crippen molar-refractivity contribution in [1.29, 1.82) is 0 Å². The Hall–Kier alpha value is -2.01. The minimum Gasteiger partial charge on any atom is -0.375 e. The Morgan fingerprint density at radius 2 is 2.05 bits per heavy atom. The number of hydrogen-bond acceptors (Lipinski definition) is 3. The molecule has 5 heteroatoms. The number of H-pyrrole nitrogens is 1. The van der Waals surface area contributed by atoms with Gasteiger partial charge in [0.2, 0.25) is 5.91 Å². The van der Waals surface area contributed by atoms with Crippen molar-refractivity contribution in [2.24, 2.45) is 0 Å². The summed E-state index contributed by atoms with van der Waals surface area (Å²) < 4.78 is 0. The molecule has 2 rings (SSSR count). The fourth-order valence-corrected chi connectivity index (χ4v) is 2.45. The number of aromatic amines is 1. The fourth-order valence-electron chi connectivity index (χ4n) is 2.45.